The fourth-order valence-electron chi connectivity index (χ4n) is 1.51. The minimum absolute atomic E-state index is 0.140. The van der Waals surface area contributed by atoms with Crippen LogP contribution in [0.4, 0.5) is 0 Å². The highest BCUT2D eigenvalue weighted by Gasteiger charge is 2.02. The molecule has 0 fully saturated rings. The summed E-state index contributed by atoms with van der Waals surface area (Å²) in [5, 5.41) is 8.76. The van der Waals surface area contributed by atoms with E-state index in [1.165, 1.54) is 0 Å². The zero-order chi connectivity index (χ0) is 13.7. The Labute approximate surface area is 112 Å². The molecule has 0 bridgehead atoms. The number of pyridine rings is 1. The van der Waals surface area contributed by atoms with Gasteiger partial charge in [-0.2, -0.15) is 5.26 Å². The van der Waals surface area contributed by atoms with Crippen LogP contribution in [-0.2, 0) is 0 Å². The van der Waals surface area contributed by atoms with Crippen molar-refractivity contribution in [1.82, 2.24) is 4.98 Å². The van der Waals surface area contributed by atoms with Crippen LogP contribution < -0.4 is 9.47 Å². The summed E-state index contributed by atoms with van der Waals surface area (Å²) in [6.45, 7) is 3.95. The van der Waals surface area contributed by atoms with Gasteiger partial charge in [0, 0.05) is 6.07 Å². The number of rotatable bonds is 4. The van der Waals surface area contributed by atoms with Crippen molar-refractivity contribution in [3.63, 3.8) is 0 Å². The molecule has 0 radical (unpaired) electrons. The lowest BCUT2D eigenvalue weighted by Gasteiger charge is -2.10. The maximum Gasteiger partial charge on any atom is 0.220 e. The van der Waals surface area contributed by atoms with E-state index in [0.717, 1.165) is 5.75 Å². The minimum Gasteiger partial charge on any atom is -0.491 e. The zero-order valence-corrected chi connectivity index (χ0v) is 10.8. The Morgan fingerprint density at radius 3 is 2.37 bits per heavy atom. The average molecular weight is 254 g/mol. The predicted octanol–water partition coefficient (Wildman–Crippen LogP) is 3.53. The van der Waals surface area contributed by atoms with Gasteiger partial charge in [0.25, 0.3) is 0 Å². The fraction of sp³-hybridized carbons (Fsp3) is 0.200. The third kappa shape index (κ3) is 3.71. The van der Waals surface area contributed by atoms with E-state index in [9.17, 15) is 0 Å². The van der Waals surface area contributed by atoms with Gasteiger partial charge in [-0.3, -0.25) is 0 Å². The summed E-state index contributed by atoms with van der Waals surface area (Å²) in [5.41, 5.74) is 0.331. The highest BCUT2D eigenvalue weighted by Crippen LogP contribution is 2.23. The van der Waals surface area contributed by atoms with Crippen molar-refractivity contribution in [1.29, 1.82) is 5.26 Å². The number of ether oxygens (including phenoxy) is 2. The van der Waals surface area contributed by atoms with Crippen molar-refractivity contribution in [3.8, 4) is 23.4 Å². The molecule has 1 aromatic heterocycles. The van der Waals surface area contributed by atoms with Gasteiger partial charge in [0.15, 0.2) is 0 Å². The van der Waals surface area contributed by atoms with Gasteiger partial charge in [0.2, 0.25) is 5.88 Å². The average Bonchev–Trinajstić information content (AvgIpc) is 2.41. The Hall–Kier alpha value is -2.54. The van der Waals surface area contributed by atoms with Crippen LogP contribution in [0.25, 0.3) is 0 Å². The number of hydrogen-bond donors (Lipinski definition) is 0. The summed E-state index contributed by atoms with van der Waals surface area (Å²) in [6, 6.07) is 14.3. The van der Waals surface area contributed by atoms with Gasteiger partial charge in [-0.05, 0) is 44.2 Å². The van der Waals surface area contributed by atoms with E-state index < -0.39 is 0 Å². The lowest BCUT2D eigenvalue weighted by atomic mass is 10.3. The lowest BCUT2D eigenvalue weighted by Crippen LogP contribution is -2.05. The first-order valence-corrected chi connectivity index (χ1v) is 5.99. The van der Waals surface area contributed by atoms with Gasteiger partial charge in [0.1, 0.15) is 23.3 Å². The highest BCUT2D eigenvalue weighted by molar-refractivity contribution is 5.34. The van der Waals surface area contributed by atoms with Crippen LogP contribution in [0.15, 0.2) is 42.5 Å². The lowest BCUT2D eigenvalue weighted by molar-refractivity contribution is 0.242. The third-order valence-electron chi connectivity index (χ3n) is 2.26. The Morgan fingerprint density at radius 1 is 1.05 bits per heavy atom. The van der Waals surface area contributed by atoms with Crippen LogP contribution in [0, 0.1) is 11.3 Å². The summed E-state index contributed by atoms with van der Waals surface area (Å²) in [5.74, 6) is 1.84. The Morgan fingerprint density at radius 2 is 1.74 bits per heavy atom. The van der Waals surface area contributed by atoms with Crippen LogP contribution >= 0.6 is 0 Å². The molecular weight excluding hydrogens is 240 g/mol. The first-order chi connectivity index (χ1) is 9.17. The van der Waals surface area contributed by atoms with Gasteiger partial charge in [-0.25, -0.2) is 4.98 Å². The van der Waals surface area contributed by atoms with E-state index in [1.807, 2.05) is 32.0 Å². The maximum absolute atomic E-state index is 8.76. The summed E-state index contributed by atoms with van der Waals surface area (Å²) in [6.07, 6.45) is 0.140. The first-order valence-electron chi connectivity index (χ1n) is 5.99. The number of nitrogens with zero attached hydrogens (tertiary/aromatic N) is 2. The predicted molar refractivity (Wildman–Crippen MR) is 71.2 cm³/mol. The van der Waals surface area contributed by atoms with Crippen molar-refractivity contribution in [2.75, 3.05) is 0 Å². The molecule has 0 saturated heterocycles. The van der Waals surface area contributed by atoms with E-state index in [1.54, 1.807) is 30.3 Å². The number of benzene rings is 1. The van der Waals surface area contributed by atoms with E-state index >= 15 is 0 Å². The molecule has 0 N–H and O–H groups in total. The highest BCUT2D eigenvalue weighted by atomic mass is 16.5. The number of hydrogen-bond acceptors (Lipinski definition) is 4. The maximum atomic E-state index is 8.76. The van der Waals surface area contributed by atoms with Crippen molar-refractivity contribution in [2.24, 2.45) is 0 Å². The van der Waals surface area contributed by atoms with Crippen LogP contribution in [-0.4, -0.2) is 11.1 Å². The normalized spacial score (nSPS) is 10.0. The smallest absolute Gasteiger partial charge is 0.220 e. The Balaban J connectivity index is 2.09. The standard InChI is InChI=1S/C15H14N2O2/c1-11(2)18-13-6-8-14(9-7-13)19-15-5-3-4-12(10-16)17-15/h3-9,11H,1-2H3. The molecular formula is C15H14N2O2. The molecule has 2 rings (SSSR count). The van der Waals surface area contributed by atoms with Gasteiger partial charge < -0.3 is 9.47 Å². The summed E-state index contributed by atoms with van der Waals surface area (Å²) in [7, 11) is 0. The molecule has 4 nitrogen and oxygen atoms in total. The quantitative estimate of drug-likeness (QED) is 0.837. The van der Waals surface area contributed by atoms with E-state index in [-0.39, 0.29) is 6.10 Å². The monoisotopic (exact) mass is 254 g/mol. The molecule has 0 aliphatic heterocycles. The van der Waals surface area contributed by atoms with Crippen LogP contribution in [0.5, 0.6) is 17.4 Å². The molecule has 4 heteroatoms. The topological polar surface area (TPSA) is 55.1 Å². The molecule has 19 heavy (non-hydrogen) atoms. The fourth-order valence-corrected chi connectivity index (χ4v) is 1.51. The first kappa shape index (κ1) is 12.9. The zero-order valence-electron chi connectivity index (χ0n) is 10.8. The molecule has 96 valence electrons. The molecule has 1 aromatic carbocycles. The number of nitriles is 1. The van der Waals surface area contributed by atoms with Gasteiger partial charge in [-0.15, -0.1) is 0 Å². The second-order valence-electron chi connectivity index (χ2n) is 4.21. The van der Waals surface area contributed by atoms with Gasteiger partial charge in [0.05, 0.1) is 6.10 Å². The van der Waals surface area contributed by atoms with Crippen LogP contribution in [0.2, 0.25) is 0 Å². The van der Waals surface area contributed by atoms with Crippen LogP contribution in [0.1, 0.15) is 19.5 Å². The van der Waals surface area contributed by atoms with E-state index in [2.05, 4.69) is 4.98 Å². The summed E-state index contributed by atoms with van der Waals surface area (Å²) in [4.78, 5) is 4.04. The molecule has 0 saturated carbocycles. The molecule has 0 unspecified atom stereocenters. The van der Waals surface area contributed by atoms with E-state index in [4.69, 9.17) is 14.7 Å². The van der Waals surface area contributed by atoms with Crippen LogP contribution in [0.3, 0.4) is 0 Å². The molecule has 0 aliphatic carbocycles. The second-order valence-corrected chi connectivity index (χ2v) is 4.21. The Kier molecular flexibility index (Phi) is 3.99. The van der Waals surface area contributed by atoms with Gasteiger partial charge in [-0.1, -0.05) is 6.07 Å². The number of aromatic nitrogens is 1. The minimum atomic E-state index is 0.140. The second kappa shape index (κ2) is 5.87. The SMILES string of the molecule is CC(C)Oc1ccc(Oc2cccc(C#N)n2)cc1. The molecule has 0 aliphatic rings. The summed E-state index contributed by atoms with van der Waals surface area (Å²) < 4.78 is 11.1. The third-order valence-corrected chi connectivity index (χ3v) is 2.26. The molecule has 1 heterocycles. The van der Waals surface area contributed by atoms with Crippen molar-refractivity contribution in [2.45, 2.75) is 20.0 Å². The largest absolute Gasteiger partial charge is 0.491 e. The van der Waals surface area contributed by atoms with E-state index in [0.29, 0.717) is 17.3 Å². The molecule has 0 amide bonds. The molecule has 0 spiro atoms. The molecule has 2 aromatic rings. The summed E-state index contributed by atoms with van der Waals surface area (Å²) >= 11 is 0. The van der Waals surface area contributed by atoms with Crippen molar-refractivity contribution < 1.29 is 9.47 Å². The van der Waals surface area contributed by atoms with Crippen molar-refractivity contribution in [3.05, 3.63) is 48.2 Å². The van der Waals surface area contributed by atoms with Crippen molar-refractivity contribution >= 4 is 0 Å². The van der Waals surface area contributed by atoms with Gasteiger partial charge >= 0.3 is 0 Å². The Bertz CT molecular complexity index is 586. The molecule has 0 atom stereocenters.